The van der Waals surface area contributed by atoms with Gasteiger partial charge in [0, 0.05) is 36.9 Å². The maximum atomic E-state index is 13.1. The van der Waals surface area contributed by atoms with Crippen molar-refractivity contribution in [1.82, 2.24) is 20.9 Å². The summed E-state index contributed by atoms with van der Waals surface area (Å²) in [5, 5.41) is 15.5. The molecular formula is C23H29N5O6. The van der Waals surface area contributed by atoms with Crippen molar-refractivity contribution in [2.45, 2.75) is 51.2 Å². The van der Waals surface area contributed by atoms with Crippen molar-refractivity contribution in [3.63, 3.8) is 0 Å². The average molecular weight is 472 g/mol. The summed E-state index contributed by atoms with van der Waals surface area (Å²) in [6.45, 7) is 2.70. The number of benzene rings is 1. The zero-order valence-electron chi connectivity index (χ0n) is 19.3. The fourth-order valence-electron chi connectivity index (χ4n) is 3.42. The van der Waals surface area contributed by atoms with E-state index >= 15 is 0 Å². The normalized spacial score (nSPS) is 13.3. The first-order chi connectivity index (χ1) is 16.2. The van der Waals surface area contributed by atoms with Crippen molar-refractivity contribution in [3.05, 3.63) is 36.0 Å². The number of Topliss-reactive ketones (excluding diaryl/α,β-unsaturated/α-hetero) is 1. The predicted octanol–water partition coefficient (Wildman–Crippen LogP) is 0.376. The van der Waals surface area contributed by atoms with Gasteiger partial charge in [-0.1, -0.05) is 18.2 Å². The number of fused-ring (bicyclic) bond motifs is 1. The SMILES string of the molecule is COC(=O)[C@H](C)NC(=O)[C@H](CCC(=O)C=N)NC(=O)[C@H](Cc1c[nH]c2ccccc12)NC(C)=O. The van der Waals surface area contributed by atoms with E-state index in [1.165, 1.54) is 21.0 Å². The first-order valence-corrected chi connectivity index (χ1v) is 10.7. The Bertz CT molecular complexity index is 1080. The second-order valence-corrected chi connectivity index (χ2v) is 7.78. The third-order valence-electron chi connectivity index (χ3n) is 5.18. The number of esters is 1. The van der Waals surface area contributed by atoms with Gasteiger partial charge in [-0.25, -0.2) is 4.79 Å². The number of ether oxygens (including phenoxy) is 1. The summed E-state index contributed by atoms with van der Waals surface area (Å²) < 4.78 is 4.59. The highest BCUT2D eigenvalue weighted by Gasteiger charge is 2.29. The van der Waals surface area contributed by atoms with Crippen LogP contribution in [-0.4, -0.2) is 65.9 Å². The number of carbonyl (C=O) groups is 5. The van der Waals surface area contributed by atoms with Gasteiger partial charge in [-0.15, -0.1) is 0 Å². The van der Waals surface area contributed by atoms with Gasteiger partial charge in [0.05, 0.1) is 13.3 Å². The Kier molecular flexibility index (Phi) is 9.48. The van der Waals surface area contributed by atoms with Gasteiger partial charge in [-0.05, 0) is 25.0 Å². The number of para-hydroxylation sites is 1. The predicted molar refractivity (Wildman–Crippen MR) is 124 cm³/mol. The highest BCUT2D eigenvalue weighted by Crippen LogP contribution is 2.19. The second kappa shape index (κ2) is 12.3. The molecule has 0 radical (unpaired) electrons. The lowest BCUT2D eigenvalue weighted by Gasteiger charge is -2.23. The van der Waals surface area contributed by atoms with Gasteiger partial charge in [0.25, 0.3) is 0 Å². The monoisotopic (exact) mass is 471 g/mol. The number of rotatable bonds is 12. The van der Waals surface area contributed by atoms with Gasteiger partial charge in [0.1, 0.15) is 18.1 Å². The molecule has 0 spiro atoms. The van der Waals surface area contributed by atoms with Crippen LogP contribution in [0.1, 0.15) is 32.3 Å². The molecule has 1 aromatic heterocycles. The Balaban J connectivity index is 2.21. The summed E-state index contributed by atoms with van der Waals surface area (Å²) in [7, 11) is 1.18. The lowest BCUT2D eigenvalue weighted by atomic mass is 10.0. The molecule has 1 heterocycles. The summed E-state index contributed by atoms with van der Waals surface area (Å²) in [5.74, 6) is -2.96. The molecular weight excluding hydrogens is 442 g/mol. The summed E-state index contributed by atoms with van der Waals surface area (Å²) in [6, 6.07) is 4.34. The van der Waals surface area contributed by atoms with Crippen molar-refractivity contribution in [2.75, 3.05) is 7.11 Å². The summed E-state index contributed by atoms with van der Waals surface area (Å²) in [6.07, 6.45) is 2.27. The molecule has 0 aliphatic heterocycles. The smallest absolute Gasteiger partial charge is 0.328 e. The number of hydrogen-bond acceptors (Lipinski definition) is 7. The molecule has 5 N–H and O–H groups in total. The molecule has 182 valence electrons. The van der Waals surface area contributed by atoms with Crippen LogP contribution in [0.5, 0.6) is 0 Å². The molecule has 0 unspecified atom stereocenters. The van der Waals surface area contributed by atoms with Crippen LogP contribution in [0, 0.1) is 5.41 Å². The van der Waals surface area contributed by atoms with Crippen molar-refractivity contribution in [1.29, 1.82) is 5.41 Å². The van der Waals surface area contributed by atoms with Crippen LogP contribution in [0.15, 0.2) is 30.5 Å². The molecule has 1 aromatic carbocycles. The van der Waals surface area contributed by atoms with Crippen LogP contribution in [-0.2, 0) is 35.1 Å². The minimum Gasteiger partial charge on any atom is -0.467 e. The number of hydrogen-bond donors (Lipinski definition) is 5. The van der Waals surface area contributed by atoms with Gasteiger partial charge >= 0.3 is 5.97 Å². The van der Waals surface area contributed by atoms with Gasteiger partial charge in [0.15, 0.2) is 5.78 Å². The molecule has 3 atom stereocenters. The number of carbonyl (C=O) groups excluding carboxylic acids is 5. The van der Waals surface area contributed by atoms with Crippen molar-refractivity contribution < 1.29 is 28.7 Å². The van der Waals surface area contributed by atoms with Crippen LogP contribution in [0.25, 0.3) is 10.9 Å². The van der Waals surface area contributed by atoms with Crippen molar-refractivity contribution >= 4 is 46.6 Å². The fraction of sp³-hybridized carbons (Fsp3) is 0.391. The Morgan fingerprint density at radius 1 is 1.06 bits per heavy atom. The number of aromatic amines is 1. The third-order valence-corrected chi connectivity index (χ3v) is 5.18. The van der Waals surface area contributed by atoms with E-state index in [1.54, 1.807) is 6.20 Å². The van der Waals surface area contributed by atoms with Crippen LogP contribution in [0.3, 0.4) is 0 Å². The lowest BCUT2D eigenvalue weighted by molar-refractivity contribution is -0.145. The largest absolute Gasteiger partial charge is 0.467 e. The molecule has 34 heavy (non-hydrogen) atoms. The Hall–Kier alpha value is -4.02. The van der Waals surface area contributed by atoms with Crippen LogP contribution >= 0.6 is 0 Å². The molecule has 2 aromatic rings. The zero-order valence-corrected chi connectivity index (χ0v) is 19.3. The van der Waals surface area contributed by atoms with Crippen LogP contribution in [0.2, 0.25) is 0 Å². The molecule has 3 amide bonds. The van der Waals surface area contributed by atoms with Gasteiger partial charge in [-0.2, -0.15) is 0 Å². The topological polar surface area (TPSA) is 170 Å². The summed E-state index contributed by atoms with van der Waals surface area (Å²) in [4.78, 5) is 64.0. The standard InChI is InChI=1S/C23H29N5O6/c1-13(23(33)34-3)26-21(31)19(9-8-16(30)11-24)28-22(32)20(27-14(2)29)10-15-12-25-18-7-5-4-6-17(15)18/h4-7,11-13,19-20,24-25H,8-10H2,1-3H3,(H,26,31)(H,27,29)(H,28,32)/t13-,19-,20-/m0/s1. The summed E-state index contributed by atoms with van der Waals surface area (Å²) in [5.41, 5.74) is 1.67. The maximum Gasteiger partial charge on any atom is 0.328 e. The van der Waals surface area contributed by atoms with Crippen molar-refractivity contribution in [3.8, 4) is 0 Å². The van der Waals surface area contributed by atoms with Crippen LogP contribution < -0.4 is 16.0 Å². The van der Waals surface area contributed by atoms with E-state index in [1.807, 2.05) is 24.3 Å². The molecule has 11 nitrogen and oxygen atoms in total. The molecule has 0 aliphatic carbocycles. The third kappa shape index (κ3) is 7.26. The van der Waals surface area contributed by atoms with E-state index in [-0.39, 0.29) is 19.3 Å². The first-order valence-electron chi connectivity index (χ1n) is 10.7. The van der Waals surface area contributed by atoms with Crippen molar-refractivity contribution in [2.24, 2.45) is 0 Å². The molecule has 2 rings (SSSR count). The maximum absolute atomic E-state index is 13.1. The molecule has 0 saturated heterocycles. The number of methoxy groups -OCH3 is 1. The molecule has 0 aliphatic rings. The number of amides is 3. The highest BCUT2D eigenvalue weighted by molar-refractivity contribution is 6.26. The second-order valence-electron chi connectivity index (χ2n) is 7.78. The number of nitrogens with one attached hydrogen (secondary N) is 5. The molecule has 11 heteroatoms. The average Bonchev–Trinajstić information content (AvgIpc) is 3.22. The van der Waals surface area contributed by atoms with E-state index in [2.05, 4.69) is 25.7 Å². The Morgan fingerprint density at radius 3 is 2.38 bits per heavy atom. The van der Waals surface area contributed by atoms with E-state index in [4.69, 9.17) is 5.41 Å². The zero-order chi connectivity index (χ0) is 25.3. The first kappa shape index (κ1) is 26.2. The molecule has 0 saturated carbocycles. The van der Waals surface area contributed by atoms with E-state index in [0.29, 0.717) is 6.21 Å². The quantitative estimate of drug-likeness (QED) is 0.221. The highest BCUT2D eigenvalue weighted by atomic mass is 16.5. The Labute approximate surface area is 196 Å². The van der Waals surface area contributed by atoms with E-state index in [0.717, 1.165) is 16.5 Å². The number of H-pyrrole nitrogens is 1. The van der Waals surface area contributed by atoms with Gasteiger partial charge < -0.3 is 31.1 Å². The molecule has 0 bridgehead atoms. The minimum absolute atomic E-state index is 0.0977. The van der Waals surface area contributed by atoms with Crippen LogP contribution in [0.4, 0.5) is 0 Å². The minimum atomic E-state index is -1.18. The lowest BCUT2D eigenvalue weighted by Crippen LogP contribution is -2.55. The van der Waals surface area contributed by atoms with E-state index < -0.39 is 47.6 Å². The summed E-state index contributed by atoms with van der Waals surface area (Å²) >= 11 is 0. The fourth-order valence-corrected chi connectivity index (χ4v) is 3.42. The van der Waals surface area contributed by atoms with Gasteiger partial charge in [0.2, 0.25) is 17.7 Å². The number of aromatic nitrogens is 1. The molecule has 0 fully saturated rings. The van der Waals surface area contributed by atoms with Gasteiger partial charge in [-0.3, -0.25) is 19.2 Å². The Morgan fingerprint density at radius 2 is 1.74 bits per heavy atom. The number of ketones is 1. The van der Waals surface area contributed by atoms with E-state index in [9.17, 15) is 24.0 Å².